The summed E-state index contributed by atoms with van der Waals surface area (Å²) in [4.78, 5) is 14.0. The van der Waals surface area contributed by atoms with Crippen molar-refractivity contribution in [2.75, 3.05) is 25.0 Å². The van der Waals surface area contributed by atoms with Crippen molar-refractivity contribution in [1.82, 2.24) is 4.90 Å². The van der Waals surface area contributed by atoms with Gasteiger partial charge in [-0.25, -0.2) is 0 Å². The van der Waals surface area contributed by atoms with Gasteiger partial charge in [0.2, 0.25) is 5.91 Å². The van der Waals surface area contributed by atoms with Crippen LogP contribution in [0, 0.1) is 0 Å². The zero-order valence-corrected chi connectivity index (χ0v) is 12.1. The number of anilines is 1. The summed E-state index contributed by atoms with van der Waals surface area (Å²) < 4.78 is 0.937. The predicted octanol–water partition coefficient (Wildman–Crippen LogP) is 2.31. The van der Waals surface area contributed by atoms with E-state index in [0.29, 0.717) is 6.54 Å². The van der Waals surface area contributed by atoms with Gasteiger partial charge in [0, 0.05) is 36.1 Å². The molecule has 6 heteroatoms. The van der Waals surface area contributed by atoms with E-state index in [-0.39, 0.29) is 5.91 Å². The van der Waals surface area contributed by atoms with E-state index in [9.17, 15) is 4.79 Å². The molecule has 0 spiro atoms. The molecule has 2 N–H and O–H groups in total. The largest absolute Gasteiger partial charge is 0.411 e. The molecule has 0 aliphatic carbocycles. The van der Waals surface area contributed by atoms with Crippen LogP contribution in [0.1, 0.15) is 12.8 Å². The van der Waals surface area contributed by atoms with Crippen molar-refractivity contribution < 1.29 is 10.0 Å². The summed E-state index contributed by atoms with van der Waals surface area (Å²) in [7, 11) is 0. The number of amides is 1. The number of benzene rings is 1. The number of carbonyl (C=O) groups excluding carboxylic acids is 1. The minimum atomic E-state index is -0.0255. The van der Waals surface area contributed by atoms with Gasteiger partial charge in [-0.2, -0.15) is 0 Å². The molecule has 19 heavy (non-hydrogen) atoms. The Hall–Kier alpha value is -1.40. The van der Waals surface area contributed by atoms with Gasteiger partial charge in [0.05, 0.1) is 12.3 Å². The SMILES string of the molecule is O=C(CN1CCC(=NO)CC1)Nc1cccc(Br)c1. The molecular weight excluding hydrogens is 310 g/mol. The summed E-state index contributed by atoms with van der Waals surface area (Å²) in [5.41, 5.74) is 1.60. The molecule has 1 aromatic rings. The number of carbonyl (C=O) groups is 1. The fraction of sp³-hybridized carbons (Fsp3) is 0.385. The average Bonchev–Trinajstić information content (AvgIpc) is 2.39. The molecular formula is C13H16BrN3O2. The van der Waals surface area contributed by atoms with Gasteiger partial charge < -0.3 is 10.5 Å². The van der Waals surface area contributed by atoms with Crippen molar-refractivity contribution in [1.29, 1.82) is 0 Å². The van der Waals surface area contributed by atoms with Crippen molar-refractivity contribution in [3.05, 3.63) is 28.7 Å². The highest BCUT2D eigenvalue weighted by molar-refractivity contribution is 9.10. The lowest BCUT2D eigenvalue weighted by Gasteiger charge is -2.26. The first kappa shape index (κ1) is 14.0. The van der Waals surface area contributed by atoms with Crippen molar-refractivity contribution >= 4 is 33.2 Å². The summed E-state index contributed by atoms with van der Waals surface area (Å²) in [6, 6.07) is 7.51. The van der Waals surface area contributed by atoms with Crippen LogP contribution in [-0.4, -0.2) is 41.4 Å². The predicted molar refractivity (Wildman–Crippen MR) is 77.7 cm³/mol. The van der Waals surface area contributed by atoms with Gasteiger partial charge >= 0.3 is 0 Å². The van der Waals surface area contributed by atoms with E-state index in [1.165, 1.54) is 0 Å². The molecule has 0 atom stereocenters. The zero-order chi connectivity index (χ0) is 13.7. The first-order chi connectivity index (χ1) is 9.17. The van der Waals surface area contributed by atoms with Gasteiger partial charge in [0.1, 0.15) is 0 Å². The van der Waals surface area contributed by atoms with E-state index >= 15 is 0 Å². The summed E-state index contributed by atoms with van der Waals surface area (Å²) in [5.74, 6) is -0.0255. The fourth-order valence-electron chi connectivity index (χ4n) is 2.04. The smallest absolute Gasteiger partial charge is 0.238 e. The van der Waals surface area contributed by atoms with Crippen LogP contribution in [0.15, 0.2) is 33.9 Å². The van der Waals surface area contributed by atoms with Gasteiger partial charge in [-0.3, -0.25) is 9.69 Å². The lowest BCUT2D eigenvalue weighted by atomic mass is 10.1. The molecule has 1 fully saturated rings. The number of hydrogen-bond acceptors (Lipinski definition) is 4. The number of hydrogen-bond donors (Lipinski definition) is 2. The molecule has 1 aliphatic rings. The van der Waals surface area contributed by atoms with Crippen LogP contribution in [-0.2, 0) is 4.79 Å². The summed E-state index contributed by atoms with van der Waals surface area (Å²) >= 11 is 3.37. The molecule has 0 unspecified atom stereocenters. The second-order valence-electron chi connectivity index (χ2n) is 4.50. The van der Waals surface area contributed by atoms with Crippen molar-refractivity contribution in [3.63, 3.8) is 0 Å². The number of oxime groups is 1. The highest BCUT2D eigenvalue weighted by atomic mass is 79.9. The van der Waals surface area contributed by atoms with E-state index in [4.69, 9.17) is 5.21 Å². The third kappa shape index (κ3) is 4.33. The standard InChI is InChI=1S/C13H16BrN3O2/c14-10-2-1-3-12(8-10)15-13(18)9-17-6-4-11(16-19)5-7-17/h1-3,8,19H,4-7,9H2,(H,15,18). The number of piperidine rings is 1. The van der Waals surface area contributed by atoms with Crippen LogP contribution >= 0.6 is 15.9 Å². The topological polar surface area (TPSA) is 64.9 Å². The number of nitrogens with one attached hydrogen (secondary N) is 1. The molecule has 102 valence electrons. The minimum absolute atomic E-state index is 0.0255. The maximum atomic E-state index is 11.9. The molecule has 1 saturated heterocycles. The monoisotopic (exact) mass is 325 g/mol. The van der Waals surface area contributed by atoms with Crippen LogP contribution < -0.4 is 5.32 Å². The third-order valence-electron chi connectivity index (χ3n) is 3.05. The van der Waals surface area contributed by atoms with E-state index in [1.807, 2.05) is 24.3 Å². The normalized spacial score (nSPS) is 16.2. The van der Waals surface area contributed by atoms with Crippen molar-refractivity contribution in [2.24, 2.45) is 5.16 Å². The Balaban J connectivity index is 1.82. The van der Waals surface area contributed by atoms with Crippen LogP contribution in [0.25, 0.3) is 0 Å². The minimum Gasteiger partial charge on any atom is -0.411 e. The third-order valence-corrected chi connectivity index (χ3v) is 3.54. The van der Waals surface area contributed by atoms with Crippen molar-refractivity contribution in [2.45, 2.75) is 12.8 Å². The Morgan fingerprint density at radius 3 is 2.79 bits per heavy atom. The first-order valence-corrected chi connectivity index (χ1v) is 6.94. The van der Waals surface area contributed by atoms with Crippen LogP contribution in [0.3, 0.4) is 0 Å². The Kier molecular flexibility index (Phi) is 4.93. The van der Waals surface area contributed by atoms with Gasteiger partial charge in [-0.05, 0) is 18.2 Å². The lowest BCUT2D eigenvalue weighted by molar-refractivity contribution is -0.117. The molecule has 5 nitrogen and oxygen atoms in total. The van der Waals surface area contributed by atoms with Crippen LogP contribution in [0.4, 0.5) is 5.69 Å². The Bertz CT molecular complexity index is 481. The first-order valence-electron chi connectivity index (χ1n) is 6.15. The molecule has 1 heterocycles. The molecule has 0 radical (unpaired) electrons. The number of halogens is 1. The average molecular weight is 326 g/mol. The van der Waals surface area contributed by atoms with E-state index in [2.05, 4.69) is 31.3 Å². The molecule has 1 aromatic carbocycles. The molecule has 0 bridgehead atoms. The molecule has 2 rings (SSSR count). The summed E-state index contributed by atoms with van der Waals surface area (Å²) in [5, 5.41) is 14.8. The lowest BCUT2D eigenvalue weighted by Crippen LogP contribution is -2.39. The Morgan fingerprint density at radius 1 is 1.42 bits per heavy atom. The van der Waals surface area contributed by atoms with E-state index in [1.54, 1.807) is 0 Å². The second kappa shape index (κ2) is 6.68. The summed E-state index contributed by atoms with van der Waals surface area (Å²) in [6.45, 7) is 1.88. The molecule has 0 saturated carbocycles. The zero-order valence-electron chi connectivity index (χ0n) is 10.5. The van der Waals surface area contributed by atoms with Gasteiger partial charge in [0.25, 0.3) is 0 Å². The maximum absolute atomic E-state index is 11.9. The Labute approximate surface area is 120 Å². The fourth-order valence-corrected chi connectivity index (χ4v) is 2.44. The molecule has 1 aliphatic heterocycles. The van der Waals surface area contributed by atoms with Crippen molar-refractivity contribution in [3.8, 4) is 0 Å². The van der Waals surface area contributed by atoms with E-state index in [0.717, 1.165) is 41.8 Å². The quantitative estimate of drug-likeness (QED) is 0.662. The second-order valence-corrected chi connectivity index (χ2v) is 5.42. The highest BCUT2D eigenvalue weighted by Gasteiger charge is 2.17. The summed E-state index contributed by atoms with van der Waals surface area (Å²) in [6.07, 6.45) is 1.45. The van der Waals surface area contributed by atoms with Crippen LogP contribution in [0.5, 0.6) is 0 Å². The van der Waals surface area contributed by atoms with Gasteiger partial charge in [0.15, 0.2) is 0 Å². The number of nitrogens with zero attached hydrogens (tertiary/aromatic N) is 2. The highest BCUT2D eigenvalue weighted by Crippen LogP contribution is 2.15. The van der Waals surface area contributed by atoms with Gasteiger partial charge in [-0.15, -0.1) is 0 Å². The number of rotatable bonds is 3. The molecule has 0 aromatic heterocycles. The van der Waals surface area contributed by atoms with Crippen LogP contribution in [0.2, 0.25) is 0 Å². The Morgan fingerprint density at radius 2 is 2.16 bits per heavy atom. The van der Waals surface area contributed by atoms with E-state index < -0.39 is 0 Å². The van der Waals surface area contributed by atoms with Gasteiger partial charge in [-0.1, -0.05) is 27.2 Å². The maximum Gasteiger partial charge on any atom is 0.238 e. The number of likely N-dealkylation sites (tertiary alicyclic amines) is 1. The molecule has 1 amide bonds.